The standard InChI is InChI=1S/C17H18N4O/c1-17(2,3)21-10-8-15(20-21)19-16(22)13-6-7-14-12(11-13)5-4-9-18-14/h4-11H,1-3H3,(H,19,20,22). The number of hydrogen-bond donors (Lipinski definition) is 1. The van der Waals surface area contributed by atoms with Gasteiger partial charge in [0.25, 0.3) is 5.91 Å². The number of nitrogens with zero attached hydrogens (tertiary/aromatic N) is 3. The summed E-state index contributed by atoms with van der Waals surface area (Å²) in [5.74, 6) is 0.371. The van der Waals surface area contributed by atoms with E-state index >= 15 is 0 Å². The van der Waals surface area contributed by atoms with Gasteiger partial charge in [0.1, 0.15) is 0 Å². The maximum Gasteiger partial charge on any atom is 0.256 e. The molecule has 0 fully saturated rings. The van der Waals surface area contributed by atoms with Crippen LogP contribution in [0.3, 0.4) is 0 Å². The van der Waals surface area contributed by atoms with E-state index in [1.807, 2.05) is 35.1 Å². The number of carbonyl (C=O) groups excluding carboxylic acids is 1. The van der Waals surface area contributed by atoms with E-state index in [-0.39, 0.29) is 11.4 Å². The van der Waals surface area contributed by atoms with Crippen LogP contribution in [0.4, 0.5) is 5.82 Å². The van der Waals surface area contributed by atoms with Gasteiger partial charge in [-0.3, -0.25) is 14.5 Å². The Bertz CT molecular complexity index is 830. The average molecular weight is 294 g/mol. The fourth-order valence-electron chi connectivity index (χ4n) is 2.17. The number of amides is 1. The molecule has 2 heterocycles. The molecule has 3 rings (SSSR count). The highest BCUT2D eigenvalue weighted by molar-refractivity contribution is 6.05. The van der Waals surface area contributed by atoms with Crippen LogP contribution in [0.5, 0.6) is 0 Å². The van der Waals surface area contributed by atoms with Crippen LogP contribution in [-0.2, 0) is 5.54 Å². The van der Waals surface area contributed by atoms with Gasteiger partial charge < -0.3 is 5.32 Å². The highest BCUT2D eigenvalue weighted by Crippen LogP contribution is 2.17. The van der Waals surface area contributed by atoms with Crippen molar-refractivity contribution in [3.8, 4) is 0 Å². The van der Waals surface area contributed by atoms with Crippen molar-refractivity contribution in [1.82, 2.24) is 14.8 Å². The Morgan fingerprint density at radius 2 is 2.00 bits per heavy atom. The van der Waals surface area contributed by atoms with Crippen molar-refractivity contribution >= 4 is 22.6 Å². The number of carbonyl (C=O) groups is 1. The molecule has 5 nitrogen and oxygen atoms in total. The maximum absolute atomic E-state index is 12.3. The van der Waals surface area contributed by atoms with Gasteiger partial charge in [-0.25, -0.2) is 0 Å². The van der Waals surface area contributed by atoms with Crippen molar-refractivity contribution in [2.24, 2.45) is 0 Å². The van der Waals surface area contributed by atoms with Crippen molar-refractivity contribution in [2.75, 3.05) is 5.32 Å². The zero-order valence-electron chi connectivity index (χ0n) is 12.9. The quantitative estimate of drug-likeness (QED) is 0.787. The summed E-state index contributed by atoms with van der Waals surface area (Å²) in [5.41, 5.74) is 1.35. The van der Waals surface area contributed by atoms with Crippen LogP contribution in [0.15, 0.2) is 48.8 Å². The molecule has 0 unspecified atom stereocenters. The lowest BCUT2D eigenvalue weighted by Gasteiger charge is -2.18. The lowest BCUT2D eigenvalue weighted by molar-refractivity contribution is 0.102. The number of hydrogen-bond acceptors (Lipinski definition) is 3. The summed E-state index contributed by atoms with van der Waals surface area (Å²) in [4.78, 5) is 16.6. The summed E-state index contributed by atoms with van der Waals surface area (Å²) < 4.78 is 1.83. The monoisotopic (exact) mass is 294 g/mol. The van der Waals surface area contributed by atoms with E-state index in [0.29, 0.717) is 11.4 Å². The largest absolute Gasteiger partial charge is 0.305 e. The molecular formula is C17H18N4O. The second-order valence-corrected chi connectivity index (χ2v) is 6.18. The van der Waals surface area contributed by atoms with Crippen molar-refractivity contribution in [2.45, 2.75) is 26.3 Å². The van der Waals surface area contributed by atoms with Gasteiger partial charge in [-0.15, -0.1) is 0 Å². The zero-order chi connectivity index (χ0) is 15.7. The number of fused-ring (bicyclic) bond motifs is 1. The lowest BCUT2D eigenvalue weighted by atomic mass is 10.1. The minimum Gasteiger partial charge on any atom is -0.305 e. The number of aromatic nitrogens is 3. The molecule has 1 N–H and O–H groups in total. The third-order valence-electron chi connectivity index (χ3n) is 3.38. The van der Waals surface area contributed by atoms with Crippen LogP contribution in [0.1, 0.15) is 31.1 Å². The Hall–Kier alpha value is -2.69. The topological polar surface area (TPSA) is 59.8 Å². The molecule has 5 heteroatoms. The molecule has 1 amide bonds. The molecule has 0 saturated heterocycles. The van der Waals surface area contributed by atoms with Crippen LogP contribution >= 0.6 is 0 Å². The van der Waals surface area contributed by atoms with Crippen LogP contribution in [-0.4, -0.2) is 20.7 Å². The van der Waals surface area contributed by atoms with E-state index in [1.165, 1.54) is 0 Å². The van der Waals surface area contributed by atoms with Gasteiger partial charge in [-0.05, 0) is 45.0 Å². The number of anilines is 1. The Kier molecular flexibility index (Phi) is 3.41. The van der Waals surface area contributed by atoms with Gasteiger partial charge in [0.2, 0.25) is 0 Å². The molecular weight excluding hydrogens is 276 g/mol. The number of rotatable bonds is 2. The predicted octanol–water partition coefficient (Wildman–Crippen LogP) is 3.44. The first kappa shape index (κ1) is 14.3. The number of benzene rings is 1. The van der Waals surface area contributed by atoms with Crippen LogP contribution in [0, 0.1) is 0 Å². The van der Waals surface area contributed by atoms with Gasteiger partial charge >= 0.3 is 0 Å². The first-order chi connectivity index (χ1) is 10.4. The summed E-state index contributed by atoms with van der Waals surface area (Å²) in [6.45, 7) is 6.17. The van der Waals surface area contributed by atoms with Gasteiger partial charge in [-0.2, -0.15) is 5.10 Å². The van der Waals surface area contributed by atoms with E-state index in [0.717, 1.165) is 10.9 Å². The Labute approximate surface area is 129 Å². The molecule has 0 atom stereocenters. The normalized spacial score (nSPS) is 11.6. The van der Waals surface area contributed by atoms with Crippen LogP contribution in [0.2, 0.25) is 0 Å². The van der Waals surface area contributed by atoms with Crippen molar-refractivity contribution in [3.63, 3.8) is 0 Å². The van der Waals surface area contributed by atoms with Crippen LogP contribution < -0.4 is 5.32 Å². The smallest absolute Gasteiger partial charge is 0.256 e. The maximum atomic E-state index is 12.3. The lowest BCUT2D eigenvalue weighted by Crippen LogP contribution is -2.22. The molecule has 1 aromatic carbocycles. The summed E-state index contributed by atoms with van der Waals surface area (Å²) in [7, 11) is 0. The molecule has 0 aliphatic rings. The molecule has 0 bridgehead atoms. The molecule has 112 valence electrons. The van der Waals surface area contributed by atoms with Gasteiger partial charge in [0, 0.05) is 29.4 Å². The summed E-state index contributed by atoms with van der Waals surface area (Å²) in [6.07, 6.45) is 3.60. The van der Waals surface area contributed by atoms with E-state index in [2.05, 4.69) is 36.2 Å². The molecule has 0 radical (unpaired) electrons. The van der Waals surface area contributed by atoms with Gasteiger partial charge in [0.05, 0.1) is 11.1 Å². The third-order valence-corrected chi connectivity index (χ3v) is 3.38. The summed E-state index contributed by atoms with van der Waals surface area (Å²) in [5, 5.41) is 8.15. The molecule has 0 aliphatic heterocycles. The highest BCUT2D eigenvalue weighted by Gasteiger charge is 2.15. The van der Waals surface area contributed by atoms with Crippen molar-refractivity contribution in [3.05, 3.63) is 54.4 Å². The van der Waals surface area contributed by atoms with E-state index < -0.39 is 0 Å². The zero-order valence-corrected chi connectivity index (χ0v) is 12.9. The van der Waals surface area contributed by atoms with Gasteiger partial charge in [-0.1, -0.05) is 6.07 Å². The third kappa shape index (κ3) is 2.83. The highest BCUT2D eigenvalue weighted by atomic mass is 16.1. The molecule has 22 heavy (non-hydrogen) atoms. The molecule has 0 spiro atoms. The second-order valence-electron chi connectivity index (χ2n) is 6.18. The first-order valence-electron chi connectivity index (χ1n) is 7.16. The van der Waals surface area contributed by atoms with E-state index in [4.69, 9.17) is 0 Å². The summed E-state index contributed by atoms with van der Waals surface area (Å²) >= 11 is 0. The summed E-state index contributed by atoms with van der Waals surface area (Å²) in [6, 6.07) is 11.0. The fourth-order valence-corrected chi connectivity index (χ4v) is 2.17. The minimum absolute atomic E-state index is 0.113. The Morgan fingerprint density at radius 3 is 2.73 bits per heavy atom. The molecule has 0 aliphatic carbocycles. The predicted molar refractivity (Wildman–Crippen MR) is 86.9 cm³/mol. The molecule has 2 aromatic heterocycles. The Balaban J connectivity index is 1.82. The fraction of sp³-hybridized carbons (Fsp3) is 0.235. The Morgan fingerprint density at radius 1 is 1.18 bits per heavy atom. The molecule has 3 aromatic rings. The van der Waals surface area contributed by atoms with Crippen LogP contribution in [0.25, 0.3) is 10.9 Å². The SMILES string of the molecule is CC(C)(C)n1ccc(NC(=O)c2ccc3ncccc3c2)n1. The second kappa shape index (κ2) is 5.26. The average Bonchev–Trinajstić information content (AvgIpc) is 2.95. The van der Waals surface area contributed by atoms with E-state index in [9.17, 15) is 4.79 Å². The minimum atomic E-state index is -0.176. The van der Waals surface area contributed by atoms with Crippen molar-refractivity contribution < 1.29 is 4.79 Å². The van der Waals surface area contributed by atoms with Crippen molar-refractivity contribution in [1.29, 1.82) is 0 Å². The molecule has 0 saturated carbocycles. The first-order valence-corrected chi connectivity index (χ1v) is 7.16. The number of pyridine rings is 1. The number of nitrogens with one attached hydrogen (secondary N) is 1. The van der Waals surface area contributed by atoms with Gasteiger partial charge in [0.15, 0.2) is 5.82 Å². The van der Waals surface area contributed by atoms with E-state index in [1.54, 1.807) is 18.3 Å².